The number of nitrogens with one attached hydrogen (secondary N) is 1. The first-order valence-electron chi connectivity index (χ1n) is 6.60. The number of nitriles is 1. The summed E-state index contributed by atoms with van der Waals surface area (Å²) >= 11 is 6.05. The van der Waals surface area contributed by atoms with E-state index < -0.39 is 17.3 Å². The topological polar surface area (TPSA) is 114 Å². The van der Waals surface area contributed by atoms with Crippen molar-refractivity contribution in [2.45, 2.75) is 5.41 Å². The van der Waals surface area contributed by atoms with Crippen molar-refractivity contribution >= 4 is 29.2 Å². The van der Waals surface area contributed by atoms with Crippen LogP contribution >= 0.6 is 11.6 Å². The van der Waals surface area contributed by atoms with Crippen molar-refractivity contribution in [3.63, 3.8) is 0 Å². The van der Waals surface area contributed by atoms with Gasteiger partial charge in [0.05, 0.1) is 0 Å². The van der Waals surface area contributed by atoms with Crippen LogP contribution in [0.3, 0.4) is 0 Å². The molecule has 0 fully saturated rings. The van der Waals surface area contributed by atoms with Gasteiger partial charge in [0.15, 0.2) is 11.2 Å². The Morgan fingerprint density at radius 2 is 2.17 bits per heavy atom. The molecular weight excluding hydrogens is 322 g/mol. The Kier molecular flexibility index (Phi) is 2.54. The van der Waals surface area contributed by atoms with E-state index in [2.05, 4.69) is 5.32 Å². The quantitative estimate of drug-likeness (QED) is 0.688. The van der Waals surface area contributed by atoms with Crippen LogP contribution in [0.1, 0.15) is 5.56 Å². The maximum atomic E-state index is 12.8. The van der Waals surface area contributed by atoms with E-state index in [9.17, 15) is 14.9 Å². The third-order valence-corrected chi connectivity index (χ3v) is 4.37. The van der Waals surface area contributed by atoms with E-state index >= 15 is 0 Å². The van der Waals surface area contributed by atoms with Crippen LogP contribution in [0.4, 0.5) is 5.69 Å². The molecule has 0 aliphatic carbocycles. The lowest BCUT2D eigenvalue weighted by atomic mass is 9.68. The van der Waals surface area contributed by atoms with Gasteiger partial charge in [0.1, 0.15) is 23.8 Å². The molecule has 1 amide bonds. The number of anilines is 1. The highest BCUT2D eigenvalue weighted by Gasteiger charge is 2.61. The Morgan fingerprint density at radius 3 is 2.91 bits per heavy atom. The summed E-state index contributed by atoms with van der Waals surface area (Å²) in [6.45, 7) is -0.140. The van der Waals surface area contributed by atoms with Gasteiger partial charge in [-0.1, -0.05) is 11.6 Å². The van der Waals surface area contributed by atoms with Crippen molar-refractivity contribution in [1.82, 2.24) is 0 Å². The monoisotopic (exact) mass is 329 g/mol. The number of fused-ring (bicyclic) bond motifs is 3. The summed E-state index contributed by atoms with van der Waals surface area (Å²) < 4.78 is 10.3. The Bertz CT molecular complexity index is 912. The Balaban J connectivity index is 2.14. The molecule has 3 aliphatic rings. The molecule has 4 rings (SSSR count). The highest BCUT2D eigenvalue weighted by atomic mass is 35.5. The van der Waals surface area contributed by atoms with E-state index in [1.54, 1.807) is 12.1 Å². The minimum Gasteiger partial charge on any atom is -0.454 e. The number of nitrogens with two attached hydrogens (primary N) is 1. The maximum Gasteiger partial charge on any atom is 0.339 e. The largest absolute Gasteiger partial charge is 0.454 e. The van der Waals surface area contributed by atoms with Crippen molar-refractivity contribution in [1.29, 1.82) is 5.26 Å². The minimum absolute atomic E-state index is 0.0261. The molecule has 0 saturated carbocycles. The number of rotatable bonds is 0. The molecule has 0 bridgehead atoms. The predicted octanol–water partition coefficient (Wildman–Crippen LogP) is 1.06. The fourth-order valence-electron chi connectivity index (χ4n) is 3.23. The number of hydrogen-bond acceptors (Lipinski definition) is 6. The predicted molar refractivity (Wildman–Crippen MR) is 77.7 cm³/mol. The zero-order valence-corrected chi connectivity index (χ0v) is 12.2. The molecule has 23 heavy (non-hydrogen) atoms. The van der Waals surface area contributed by atoms with Gasteiger partial charge in [0.2, 0.25) is 11.8 Å². The highest BCUT2D eigenvalue weighted by molar-refractivity contribution is 6.31. The van der Waals surface area contributed by atoms with Crippen molar-refractivity contribution in [2.75, 3.05) is 11.9 Å². The highest BCUT2D eigenvalue weighted by Crippen LogP contribution is 2.53. The third kappa shape index (κ3) is 1.48. The lowest BCUT2D eigenvalue weighted by Gasteiger charge is -2.31. The van der Waals surface area contributed by atoms with Gasteiger partial charge in [-0.05, 0) is 18.2 Å². The van der Waals surface area contributed by atoms with Gasteiger partial charge >= 0.3 is 5.97 Å². The first kappa shape index (κ1) is 13.7. The summed E-state index contributed by atoms with van der Waals surface area (Å²) in [7, 11) is 0. The van der Waals surface area contributed by atoms with Crippen molar-refractivity contribution in [3.05, 3.63) is 51.6 Å². The maximum absolute atomic E-state index is 12.8. The van der Waals surface area contributed by atoms with Gasteiger partial charge in [-0.25, -0.2) is 4.79 Å². The van der Waals surface area contributed by atoms with E-state index in [0.29, 0.717) is 16.3 Å². The second kappa shape index (κ2) is 4.27. The number of hydrogen-bond donors (Lipinski definition) is 2. The molecule has 1 unspecified atom stereocenters. The molecule has 8 heteroatoms. The van der Waals surface area contributed by atoms with E-state index in [4.69, 9.17) is 26.8 Å². The minimum atomic E-state index is -1.69. The standard InChI is InChI=1S/C15H8ClN3O4/c16-6-1-2-9-7(3-6)15(14(21)19-9)8(4-17)12(18)23-10-5-22-13(20)11(10)15/h1-3H,5,18H2,(H,19,21). The molecular formula is C15H8ClN3O4. The Hall–Kier alpha value is -2.98. The summed E-state index contributed by atoms with van der Waals surface area (Å²) in [5.41, 5.74) is 4.78. The van der Waals surface area contributed by atoms with Crippen molar-refractivity contribution in [3.8, 4) is 6.07 Å². The van der Waals surface area contributed by atoms with E-state index in [0.717, 1.165) is 0 Å². The number of carbonyl (C=O) groups is 2. The van der Waals surface area contributed by atoms with Crippen LogP contribution in [0.15, 0.2) is 41.0 Å². The van der Waals surface area contributed by atoms with Gasteiger partial charge < -0.3 is 20.5 Å². The number of benzene rings is 1. The second-order valence-corrected chi connectivity index (χ2v) is 5.66. The Morgan fingerprint density at radius 1 is 1.39 bits per heavy atom. The van der Waals surface area contributed by atoms with Crippen LogP contribution in [-0.2, 0) is 24.5 Å². The summed E-state index contributed by atoms with van der Waals surface area (Å²) in [4.78, 5) is 25.1. The number of carbonyl (C=O) groups excluding carboxylic acids is 2. The normalized spacial score (nSPS) is 24.9. The van der Waals surface area contributed by atoms with E-state index in [1.165, 1.54) is 6.07 Å². The first-order valence-corrected chi connectivity index (χ1v) is 6.98. The van der Waals surface area contributed by atoms with Gasteiger partial charge in [0.25, 0.3) is 0 Å². The molecule has 1 aromatic carbocycles. The summed E-state index contributed by atoms with van der Waals surface area (Å²) in [5, 5.41) is 12.6. The first-order chi connectivity index (χ1) is 11.0. The van der Waals surface area contributed by atoms with Crippen LogP contribution < -0.4 is 11.1 Å². The van der Waals surface area contributed by atoms with Crippen LogP contribution in [-0.4, -0.2) is 18.5 Å². The average Bonchev–Trinajstić information content (AvgIpc) is 3.00. The van der Waals surface area contributed by atoms with Gasteiger partial charge in [-0.15, -0.1) is 0 Å². The Labute approximate surface area is 134 Å². The van der Waals surface area contributed by atoms with Gasteiger partial charge in [0, 0.05) is 16.3 Å². The summed E-state index contributed by atoms with van der Waals surface area (Å²) in [6.07, 6.45) is 0. The molecule has 7 nitrogen and oxygen atoms in total. The van der Waals surface area contributed by atoms with Gasteiger partial charge in [-0.3, -0.25) is 4.79 Å². The molecule has 1 aromatic rings. The molecule has 0 radical (unpaired) electrons. The summed E-state index contributed by atoms with van der Waals surface area (Å²) in [6, 6.07) is 6.62. The summed E-state index contributed by atoms with van der Waals surface area (Å²) in [5.74, 6) is -1.38. The van der Waals surface area contributed by atoms with Crippen LogP contribution in [0.2, 0.25) is 5.02 Å². The molecule has 3 N–H and O–H groups in total. The molecule has 1 spiro atoms. The average molecular weight is 330 g/mol. The number of nitrogens with zero attached hydrogens (tertiary/aromatic N) is 1. The van der Waals surface area contributed by atoms with Crippen molar-refractivity contribution < 1.29 is 19.1 Å². The second-order valence-electron chi connectivity index (χ2n) is 5.22. The van der Waals surface area contributed by atoms with Crippen LogP contribution in [0.25, 0.3) is 0 Å². The number of ether oxygens (including phenoxy) is 2. The molecule has 3 heterocycles. The number of amides is 1. The van der Waals surface area contributed by atoms with Crippen LogP contribution in [0.5, 0.6) is 0 Å². The smallest absolute Gasteiger partial charge is 0.339 e. The lowest BCUT2D eigenvalue weighted by Crippen LogP contribution is -2.44. The molecule has 114 valence electrons. The number of esters is 1. The number of cyclic esters (lactones) is 1. The third-order valence-electron chi connectivity index (χ3n) is 4.13. The molecule has 0 saturated heterocycles. The lowest BCUT2D eigenvalue weighted by molar-refractivity contribution is -0.137. The number of halogens is 1. The SMILES string of the molecule is N#CC1=C(N)OC2=C(C(=O)OC2)C12C(=O)Nc1ccc(Cl)cc12. The zero-order chi connectivity index (χ0) is 16.4. The zero-order valence-electron chi connectivity index (χ0n) is 11.5. The fourth-order valence-corrected chi connectivity index (χ4v) is 3.41. The van der Waals surface area contributed by atoms with Gasteiger partial charge in [-0.2, -0.15) is 5.26 Å². The molecule has 3 aliphatic heterocycles. The van der Waals surface area contributed by atoms with E-state index in [-0.39, 0.29) is 29.4 Å². The van der Waals surface area contributed by atoms with Crippen molar-refractivity contribution in [2.24, 2.45) is 5.73 Å². The van der Waals surface area contributed by atoms with Crippen LogP contribution in [0, 0.1) is 11.3 Å². The molecule has 1 atom stereocenters. The fraction of sp³-hybridized carbons (Fsp3) is 0.133. The van der Waals surface area contributed by atoms with E-state index in [1.807, 2.05) is 6.07 Å². The molecule has 0 aromatic heterocycles.